The number of nitrogens with zero attached hydrogens (tertiary/aromatic N) is 1. The third kappa shape index (κ3) is 3.97. The van der Waals surface area contributed by atoms with Gasteiger partial charge in [0.1, 0.15) is 0 Å². The number of nitrogens with one attached hydrogen (secondary N) is 1. The molecule has 0 radical (unpaired) electrons. The topological polar surface area (TPSA) is 49.4 Å². The fraction of sp³-hybridized carbons (Fsp3) is 0.778. The monoisotopic (exact) mass is 308 g/mol. The molecule has 4 nitrogen and oxygen atoms in total. The van der Waals surface area contributed by atoms with Gasteiger partial charge in [-0.25, -0.2) is 0 Å². The van der Waals surface area contributed by atoms with Crippen LogP contribution in [-0.2, 0) is 9.59 Å². The Kier molecular flexibility index (Phi) is 6.18. The molecule has 1 saturated carbocycles. The van der Waals surface area contributed by atoms with E-state index in [0.717, 1.165) is 45.2 Å². The smallest absolute Gasteiger partial charge is 0.225 e. The van der Waals surface area contributed by atoms with Crippen molar-refractivity contribution in [1.29, 1.82) is 0 Å². The molecule has 0 spiro atoms. The minimum Gasteiger partial charge on any atom is -0.342 e. The zero-order chi connectivity index (χ0) is 16.1. The fourth-order valence-corrected chi connectivity index (χ4v) is 3.73. The van der Waals surface area contributed by atoms with Crippen molar-refractivity contribution in [1.82, 2.24) is 10.2 Å². The Morgan fingerprint density at radius 1 is 1.14 bits per heavy atom. The first-order valence-corrected chi connectivity index (χ1v) is 8.80. The lowest BCUT2D eigenvalue weighted by molar-refractivity contribution is -0.135. The van der Waals surface area contributed by atoms with E-state index in [4.69, 9.17) is 0 Å². The molecule has 1 aliphatic carbocycles. The largest absolute Gasteiger partial charge is 0.342 e. The highest BCUT2D eigenvalue weighted by atomic mass is 16.2. The summed E-state index contributed by atoms with van der Waals surface area (Å²) in [7, 11) is 0. The maximum atomic E-state index is 12.6. The summed E-state index contributed by atoms with van der Waals surface area (Å²) in [5.74, 6) is 0.577. The lowest BCUT2D eigenvalue weighted by atomic mass is 9.85. The first kappa shape index (κ1) is 17.2. The van der Waals surface area contributed by atoms with Crippen LogP contribution in [0.3, 0.4) is 0 Å². The highest BCUT2D eigenvalue weighted by molar-refractivity contribution is 5.97. The molecule has 0 aromatic carbocycles. The van der Waals surface area contributed by atoms with E-state index in [-0.39, 0.29) is 25.0 Å². The molecular weight excluding hydrogens is 276 g/mol. The van der Waals surface area contributed by atoms with Crippen LogP contribution in [0.2, 0.25) is 0 Å². The Balaban J connectivity index is 0.00000264. The van der Waals surface area contributed by atoms with Gasteiger partial charge in [0.05, 0.1) is 0 Å². The summed E-state index contributed by atoms with van der Waals surface area (Å²) < 4.78 is 0. The van der Waals surface area contributed by atoms with E-state index in [9.17, 15) is 9.59 Å². The molecule has 0 bridgehead atoms. The molecule has 4 heteroatoms. The third-order valence-electron chi connectivity index (χ3n) is 5.22. The molecule has 0 aromatic rings. The van der Waals surface area contributed by atoms with Crippen molar-refractivity contribution in [2.75, 3.05) is 19.6 Å². The Morgan fingerprint density at radius 3 is 2.41 bits per heavy atom. The number of ketones is 1. The molecule has 1 atom stereocenters. The molecule has 1 amide bonds. The molecule has 0 aromatic heterocycles. The summed E-state index contributed by atoms with van der Waals surface area (Å²) in [4.78, 5) is 26.8. The van der Waals surface area contributed by atoms with Crippen LogP contribution >= 0.6 is 0 Å². The molecule has 2 rings (SSSR count). The van der Waals surface area contributed by atoms with Crippen LogP contribution in [-0.4, -0.2) is 42.3 Å². The van der Waals surface area contributed by atoms with Gasteiger partial charge in [0.15, 0.2) is 5.78 Å². The van der Waals surface area contributed by atoms with E-state index < -0.39 is 0 Å². The van der Waals surface area contributed by atoms with Crippen molar-refractivity contribution < 1.29 is 11.0 Å². The van der Waals surface area contributed by atoms with E-state index in [1.165, 1.54) is 0 Å². The van der Waals surface area contributed by atoms with E-state index in [1.54, 1.807) is 0 Å². The average Bonchev–Trinajstić information content (AvgIpc) is 3.03. The zero-order valence-corrected chi connectivity index (χ0v) is 14.1. The van der Waals surface area contributed by atoms with Crippen LogP contribution in [0.15, 0.2) is 12.2 Å². The van der Waals surface area contributed by atoms with Crippen molar-refractivity contribution in [2.45, 2.75) is 58.4 Å². The molecule has 2 aliphatic rings. The number of Topliss-reactive ketones (excluding diaryl/α,β-unsaturated/α-hetero) is 1. The first-order valence-electron chi connectivity index (χ1n) is 8.80. The molecule has 1 aliphatic heterocycles. The average molecular weight is 308 g/mol. The summed E-state index contributed by atoms with van der Waals surface area (Å²) in [5, 5.41) is 3.48. The number of amides is 1. The maximum absolute atomic E-state index is 12.6. The number of hydrogen-bond donors (Lipinski definition) is 1. The summed E-state index contributed by atoms with van der Waals surface area (Å²) >= 11 is 0. The summed E-state index contributed by atoms with van der Waals surface area (Å²) in [6, 6.07) is 0.579. The summed E-state index contributed by atoms with van der Waals surface area (Å²) in [6.07, 6.45) is 5.65. The predicted molar refractivity (Wildman–Crippen MR) is 90.7 cm³/mol. The van der Waals surface area contributed by atoms with Crippen molar-refractivity contribution in [3.8, 4) is 0 Å². The molecule has 0 unspecified atom stereocenters. The molecule has 1 heterocycles. The lowest BCUT2D eigenvalue weighted by Gasteiger charge is -2.30. The van der Waals surface area contributed by atoms with Gasteiger partial charge < -0.3 is 10.2 Å². The van der Waals surface area contributed by atoms with Crippen LogP contribution in [0.1, 0.15) is 53.8 Å². The molecule has 2 fully saturated rings. The van der Waals surface area contributed by atoms with Crippen molar-refractivity contribution in [3.05, 3.63) is 12.2 Å². The quantitative estimate of drug-likeness (QED) is 0.768. The van der Waals surface area contributed by atoms with Crippen LogP contribution in [0.4, 0.5) is 0 Å². The summed E-state index contributed by atoms with van der Waals surface area (Å²) in [5.41, 5.74) is 0.699. The standard InChI is InChI=1S/C18H30N2O2.H2/c1-4-13(3)17(21)15-10-11-20(12-15)18(22)14-6-8-16(9-7-14)19-5-2;/h14-16,19H,3-12H2,1-2H3;1H/t14?,15-,16?;/m1./s1. The van der Waals surface area contributed by atoms with E-state index in [2.05, 4.69) is 18.8 Å². The Labute approximate surface area is 135 Å². The molecule has 1 N–H and O–H groups in total. The molecule has 126 valence electrons. The van der Waals surface area contributed by atoms with E-state index >= 15 is 0 Å². The molecule has 1 saturated heterocycles. The van der Waals surface area contributed by atoms with Crippen LogP contribution in [0.25, 0.3) is 0 Å². The predicted octanol–water partition coefficient (Wildman–Crippen LogP) is 2.78. The molecule has 22 heavy (non-hydrogen) atoms. The van der Waals surface area contributed by atoms with Crippen LogP contribution < -0.4 is 5.32 Å². The first-order chi connectivity index (χ1) is 10.6. The van der Waals surface area contributed by atoms with Gasteiger partial charge in [0.2, 0.25) is 5.91 Å². The Morgan fingerprint density at radius 2 is 1.82 bits per heavy atom. The fourth-order valence-electron chi connectivity index (χ4n) is 3.73. The maximum Gasteiger partial charge on any atom is 0.225 e. The zero-order valence-electron chi connectivity index (χ0n) is 14.1. The Bertz CT molecular complexity index is 431. The number of rotatable bonds is 6. The van der Waals surface area contributed by atoms with Crippen molar-refractivity contribution in [3.63, 3.8) is 0 Å². The molecular formula is C18H32N2O2. The third-order valence-corrected chi connectivity index (χ3v) is 5.22. The normalized spacial score (nSPS) is 28.6. The highest BCUT2D eigenvalue weighted by Gasteiger charge is 2.35. The minimum absolute atomic E-state index is 0. The Hall–Kier alpha value is -1.16. The SMILES string of the molecule is C=C(CC)C(=O)[C@@H]1CCN(C(=O)C2CCC(NCC)CC2)C1.[HH]. The van der Waals surface area contributed by atoms with Gasteiger partial charge in [-0.15, -0.1) is 0 Å². The van der Waals surface area contributed by atoms with Crippen LogP contribution in [0.5, 0.6) is 0 Å². The van der Waals surface area contributed by atoms with Crippen molar-refractivity contribution >= 4 is 11.7 Å². The van der Waals surface area contributed by atoms with Gasteiger partial charge in [-0.3, -0.25) is 9.59 Å². The van der Waals surface area contributed by atoms with Gasteiger partial charge in [-0.05, 0) is 50.6 Å². The van der Waals surface area contributed by atoms with E-state index in [1.807, 2.05) is 11.8 Å². The van der Waals surface area contributed by atoms with Crippen molar-refractivity contribution in [2.24, 2.45) is 11.8 Å². The number of hydrogen-bond acceptors (Lipinski definition) is 3. The number of carbonyl (C=O) groups is 2. The second kappa shape index (κ2) is 7.91. The lowest BCUT2D eigenvalue weighted by Crippen LogP contribution is -2.40. The van der Waals surface area contributed by atoms with Gasteiger partial charge >= 0.3 is 0 Å². The number of allylic oxidation sites excluding steroid dienone is 1. The second-order valence-corrected chi connectivity index (χ2v) is 6.70. The van der Waals surface area contributed by atoms with Gasteiger partial charge in [0.25, 0.3) is 0 Å². The van der Waals surface area contributed by atoms with Crippen LogP contribution in [0, 0.1) is 11.8 Å². The van der Waals surface area contributed by atoms with E-state index in [0.29, 0.717) is 24.6 Å². The van der Waals surface area contributed by atoms with Gasteiger partial charge in [0, 0.05) is 32.4 Å². The number of carbonyl (C=O) groups excluding carboxylic acids is 2. The number of likely N-dealkylation sites (tertiary alicyclic amines) is 1. The van der Waals surface area contributed by atoms with Gasteiger partial charge in [-0.1, -0.05) is 20.4 Å². The minimum atomic E-state index is -0.0190. The summed E-state index contributed by atoms with van der Waals surface area (Å²) in [6.45, 7) is 10.3. The highest BCUT2D eigenvalue weighted by Crippen LogP contribution is 2.29. The van der Waals surface area contributed by atoms with Gasteiger partial charge in [-0.2, -0.15) is 0 Å². The second-order valence-electron chi connectivity index (χ2n) is 6.70.